The van der Waals surface area contributed by atoms with Crippen LogP contribution in [-0.4, -0.2) is 67.8 Å². The highest BCUT2D eigenvalue weighted by Crippen LogP contribution is 2.35. The molecule has 1 N–H and O–H groups in total. The standard InChI is InChI=1S/C19H33N3O2/c1-21(2)18(23)20-17-8-13-24-19(14-17)9-11-22(12-10-19)15-16-6-4-3-5-7-16/h3-4,16-17H,5-15H2,1-2H3,(H,20,23)/t16-,17-/m0/s1. The Morgan fingerprint density at radius 1 is 1.29 bits per heavy atom. The molecule has 136 valence electrons. The molecule has 24 heavy (non-hydrogen) atoms. The molecule has 0 saturated carbocycles. The third-order valence-corrected chi connectivity index (χ3v) is 5.89. The molecule has 5 nitrogen and oxygen atoms in total. The summed E-state index contributed by atoms with van der Waals surface area (Å²) in [6, 6.07) is 0.267. The van der Waals surface area contributed by atoms with Gasteiger partial charge in [-0.25, -0.2) is 4.79 Å². The van der Waals surface area contributed by atoms with E-state index in [0.717, 1.165) is 51.3 Å². The van der Waals surface area contributed by atoms with Crippen molar-refractivity contribution in [2.75, 3.05) is 40.3 Å². The molecule has 2 saturated heterocycles. The first-order chi connectivity index (χ1) is 11.6. The Bertz CT molecular complexity index is 456. The lowest BCUT2D eigenvalue weighted by molar-refractivity contribution is -0.119. The molecular formula is C19H33N3O2. The van der Waals surface area contributed by atoms with Crippen LogP contribution in [0.3, 0.4) is 0 Å². The number of amides is 2. The van der Waals surface area contributed by atoms with Crippen LogP contribution >= 0.6 is 0 Å². The molecule has 0 bridgehead atoms. The summed E-state index contributed by atoms with van der Waals surface area (Å²) >= 11 is 0. The van der Waals surface area contributed by atoms with Crippen molar-refractivity contribution in [1.29, 1.82) is 0 Å². The summed E-state index contributed by atoms with van der Waals surface area (Å²) in [6.45, 7) is 4.27. The summed E-state index contributed by atoms with van der Waals surface area (Å²) in [5, 5.41) is 3.15. The number of likely N-dealkylation sites (tertiary alicyclic amines) is 1. The normalized spacial score (nSPS) is 30.2. The molecule has 0 aromatic heterocycles. The second kappa shape index (κ2) is 7.87. The van der Waals surface area contributed by atoms with E-state index in [9.17, 15) is 4.79 Å². The maximum absolute atomic E-state index is 11.9. The van der Waals surface area contributed by atoms with Crippen LogP contribution in [0.4, 0.5) is 4.79 Å². The zero-order valence-corrected chi connectivity index (χ0v) is 15.3. The Balaban J connectivity index is 1.47. The van der Waals surface area contributed by atoms with Crippen LogP contribution in [-0.2, 0) is 4.74 Å². The van der Waals surface area contributed by atoms with Crippen molar-refractivity contribution >= 4 is 6.03 Å². The molecule has 2 heterocycles. The van der Waals surface area contributed by atoms with Gasteiger partial charge in [0.25, 0.3) is 0 Å². The quantitative estimate of drug-likeness (QED) is 0.807. The van der Waals surface area contributed by atoms with Gasteiger partial charge in [0.15, 0.2) is 0 Å². The van der Waals surface area contributed by atoms with Gasteiger partial charge in [-0.05, 0) is 50.9 Å². The van der Waals surface area contributed by atoms with Crippen LogP contribution in [0, 0.1) is 5.92 Å². The first kappa shape index (κ1) is 17.7. The number of carbonyl (C=O) groups excluding carboxylic acids is 1. The van der Waals surface area contributed by atoms with Crippen molar-refractivity contribution in [2.45, 2.75) is 56.6 Å². The molecule has 2 atom stereocenters. The number of rotatable bonds is 3. The van der Waals surface area contributed by atoms with Gasteiger partial charge in [-0.3, -0.25) is 0 Å². The van der Waals surface area contributed by atoms with Crippen LogP contribution in [0.25, 0.3) is 0 Å². The molecule has 0 aromatic rings. The fourth-order valence-corrected chi connectivity index (χ4v) is 4.33. The van der Waals surface area contributed by atoms with Crippen molar-refractivity contribution in [3.63, 3.8) is 0 Å². The van der Waals surface area contributed by atoms with Crippen LogP contribution in [0.2, 0.25) is 0 Å². The average molecular weight is 335 g/mol. The number of urea groups is 1. The van der Waals surface area contributed by atoms with E-state index in [0.29, 0.717) is 0 Å². The highest BCUT2D eigenvalue weighted by molar-refractivity contribution is 5.73. The SMILES string of the molecule is CN(C)C(=O)N[C@H]1CCOC2(CCN(C[C@H]3CC=CCC3)CC2)C1. The lowest BCUT2D eigenvalue weighted by Gasteiger charge is -2.47. The van der Waals surface area contributed by atoms with Gasteiger partial charge >= 0.3 is 6.03 Å². The molecule has 2 amide bonds. The molecule has 2 fully saturated rings. The van der Waals surface area contributed by atoms with Gasteiger partial charge < -0.3 is 19.9 Å². The number of nitrogens with zero attached hydrogens (tertiary/aromatic N) is 2. The predicted octanol–water partition coefficient (Wildman–Crippen LogP) is 2.63. The van der Waals surface area contributed by atoms with Gasteiger partial charge in [-0.15, -0.1) is 0 Å². The van der Waals surface area contributed by atoms with E-state index in [2.05, 4.69) is 22.4 Å². The molecule has 0 unspecified atom stereocenters. The molecule has 2 aliphatic heterocycles. The van der Waals surface area contributed by atoms with Crippen molar-refractivity contribution < 1.29 is 9.53 Å². The summed E-state index contributed by atoms with van der Waals surface area (Å²) in [5.41, 5.74) is -0.00846. The molecule has 1 aliphatic carbocycles. The molecular weight excluding hydrogens is 302 g/mol. The molecule has 0 radical (unpaired) electrons. The van der Waals surface area contributed by atoms with Crippen LogP contribution in [0.5, 0.6) is 0 Å². The third kappa shape index (κ3) is 4.51. The first-order valence-electron chi connectivity index (χ1n) is 9.55. The van der Waals surface area contributed by atoms with Gasteiger partial charge in [0.05, 0.1) is 5.60 Å². The van der Waals surface area contributed by atoms with Crippen LogP contribution in [0.15, 0.2) is 12.2 Å². The van der Waals surface area contributed by atoms with Gasteiger partial charge in [0.2, 0.25) is 0 Å². The summed E-state index contributed by atoms with van der Waals surface area (Å²) in [4.78, 5) is 16.2. The maximum Gasteiger partial charge on any atom is 0.317 e. The zero-order chi connectivity index (χ0) is 17.0. The Kier molecular flexibility index (Phi) is 5.82. The van der Waals surface area contributed by atoms with Crippen molar-refractivity contribution in [1.82, 2.24) is 15.1 Å². The van der Waals surface area contributed by atoms with Crippen LogP contribution in [0.1, 0.15) is 44.9 Å². The Labute approximate surface area is 146 Å². The molecule has 0 aromatic carbocycles. The maximum atomic E-state index is 11.9. The second-order valence-corrected chi connectivity index (χ2v) is 8.02. The largest absolute Gasteiger partial charge is 0.375 e. The zero-order valence-electron chi connectivity index (χ0n) is 15.3. The molecule has 5 heteroatoms. The van der Waals surface area contributed by atoms with E-state index in [4.69, 9.17) is 4.74 Å². The fraction of sp³-hybridized carbons (Fsp3) is 0.842. The number of hydrogen-bond donors (Lipinski definition) is 1. The van der Waals surface area contributed by atoms with Crippen LogP contribution < -0.4 is 5.32 Å². The lowest BCUT2D eigenvalue weighted by Crippen LogP contribution is -2.55. The van der Waals surface area contributed by atoms with E-state index in [1.54, 1.807) is 19.0 Å². The second-order valence-electron chi connectivity index (χ2n) is 8.02. The first-order valence-corrected chi connectivity index (χ1v) is 9.55. The van der Waals surface area contributed by atoms with E-state index in [1.807, 2.05) is 0 Å². The Morgan fingerprint density at radius 3 is 2.75 bits per heavy atom. The summed E-state index contributed by atoms with van der Waals surface area (Å²) in [5.74, 6) is 0.837. The molecule has 3 rings (SSSR count). The Hall–Kier alpha value is -1.07. The van der Waals surface area contributed by atoms with E-state index < -0.39 is 0 Å². The summed E-state index contributed by atoms with van der Waals surface area (Å²) in [7, 11) is 3.59. The average Bonchev–Trinajstić information content (AvgIpc) is 2.58. The number of piperidine rings is 1. The lowest BCUT2D eigenvalue weighted by atomic mass is 9.82. The third-order valence-electron chi connectivity index (χ3n) is 5.89. The summed E-state index contributed by atoms with van der Waals surface area (Å²) in [6.07, 6.45) is 12.6. The minimum atomic E-state index is -0.00846. The smallest absolute Gasteiger partial charge is 0.317 e. The monoisotopic (exact) mass is 335 g/mol. The van der Waals surface area contributed by atoms with Gasteiger partial charge in [-0.1, -0.05) is 12.2 Å². The highest BCUT2D eigenvalue weighted by atomic mass is 16.5. The Morgan fingerprint density at radius 2 is 2.08 bits per heavy atom. The minimum absolute atomic E-state index is 0.00846. The van der Waals surface area contributed by atoms with Crippen molar-refractivity contribution in [3.05, 3.63) is 12.2 Å². The minimum Gasteiger partial charge on any atom is -0.375 e. The van der Waals surface area contributed by atoms with E-state index in [-0.39, 0.29) is 17.7 Å². The number of ether oxygens (including phenoxy) is 1. The molecule has 1 spiro atoms. The van der Waals surface area contributed by atoms with Crippen molar-refractivity contribution in [3.8, 4) is 0 Å². The van der Waals surface area contributed by atoms with Gasteiger partial charge in [-0.2, -0.15) is 0 Å². The predicted molar refractivity (Wildman–Crippen MR) is 96.1 cm³/mol. The number of allylic oxidation sites excluding steroid dienone is 2. The van der Waals surface area contributed by atoms with Crippen molar-refractivity contribution in [2.24, 2.45) is 5.92 Å². The molecule has 3 aliphatic rings. The van der Waals surface area contributed by atoms with Gasteiger partial charge in [0.1, 0.15) is 0 Å². The number of nitrogens with one attached hydrogen (secondary N) is 1. The topological polar surface area (TPSA) is 44.8 Å². The fourth-order valence-electron chi connectivity index (χ4n) is 4.33. The van der Waals surface area contributed by atoms with E-state index >= 15 is 0 Å². The van der Waals surface area contributed by atoms with Gasteiger partial charge in [0, 0.05) is 46.4 Å². The highest BCUT2D eigenvalue weighted by Gasteiger charge is 2.40. The summed E-state index contributed by atoms with van der Waals surface area (Å²) < 4.78 is 6.21. The number of hydrogen-bond acceptors (Lipinski definition) is 3. The number of carbonyl (C=O) groups is 1. The van der Waals surface area contributed by atoms with E-state index in [1.165, 1.54) is 25.8 Å².